The number of benzene rings is 3. The Kier molecular flexibility index (Phi) is 5.80. The summed E-state index contributed by atoms with van der Waals surface area (Å²) in [4.78, 5) is 34.4. The molecule has 6 nitrogen and oxygen atoms in total. The molecule has 0 bridgehead atoms. The van der Waals surface area contributed by atoms with Crippen LogP contribution in [0.4, 0.5) is 5.69 Å². The standard InChI is InChI=1S/C28H20Cl2N2O4/c29-20-12-11-18(15-21(20)30)22-13-14-23(35-22)25-24-26(36-32(25)19-9-5-2-6-10-19)28(34)31(27(24)33)16-17-7-3-1-4-8-17/h1-15,24-26H,16H2/t24-,25-,26+/m1/s1. The first-order valence-electron chi connectivity index (χ1n) is 11.5. The van der Waals surface area contributed by atoms with Crippen molar-refractivity contribution in [2.45, 2.75) is 18.7 Å². The Balaban J connectivity index is 1.38. The van der Waals surface area contributed by atoms with Crippen LogP contribution in [0, 0.1) is 5.92 Å². The van der Waals surface area contributed by atoms with Gasteiger partial charge in [0.25, 0.3) is 5.91 Å². The lowest BCUT2D eigenvalue weighted by molar-refractivity contribution is -0.143. The molecule has 6 rings (SSSR count). The van der Waals surface area contributed by atoms with Gasteiger partial charge in [-0.25, -0.2) is 5.06 Å². The molecule has 2 saturated heterocycles. The highest BCUT2D eigenvalue weighted by Crippen LogP contribution is 2.48. The first kappa shape index (κ1) is 22.9. The second-order valence-corrected chi connectivity index (χ2v) is 9.55. The lowest BCUT2D eigenvalue weighted by Gasteiger charge is -2.27. The van der Waals surface area contributed by atoms with E-state index >= 15 is 0 Å². The van der Waals surface area contributed by atoms with Gasteiger partial charge in [-0.2, -0.15) is 0 Å². The molecule has 36 heavy (non-hydrogen) atoms. The Morgan fingerprint density at radius 2 is 1.50 bits per heavy atom. The van der Waals surface area contributed by atoms with E-state index < -0.39 is 18.1 Å². The molecule has 0 aliphatic carbocycles. The molecule has 2 aliphatic heterocycles. The van der Waals surface area contributed by atoms with Crippen molar-refractivity contribution in [2.24, 2.45) is 5.92 Å². The van der Waals surface area contributed by atoms with Crippen LogP contribution >= 0.6 is 23.2 Å². The predicted octanol–water partition coefficient (Wildman–Crippen LogP) is 6.30. The molecule has 0 spiro atoms. The van der Waals surface area contributed by atoms with Crippen LogP contribution in [0.2, 0.25) is 10.0 Å². The van der Waals surface area contributed by atoms with Crippen molar-refractivity contribution in [3.05, 3.63) is 112 Å². The lowest BCUT2D eigenvalue weighted by atomic mass is 9.94. The van der Waals surface area contributed by atoms with Gasteiger partial charge in [0, 0.05) is 5.56 Å². The molecule has 2 amide bonds. The molecule has 0 radical (unpaired) electrons. The van der Waals surface area contributed by atoms with E-state index in [1.165, 1.54) is 4.90 Å². The highest BCUT2D eigenvalue weighted by molar-refractivity contribution is 6.42. The van der Waals surface area contributed by atoms with Gasteiger partial charge < -0.3 is 4.42 Å². The van der Waals surface area contributed by atoms with Gasteiger partial charge in [-0.3, -0.25) is 19.3 Å². The molecule has 1 aromatic heterocycles. The summed E-state index contributed by atoms with van der Waals surface area (Å²) in [6.45, 7) is 0.194. The largest absolute Gasteiger partial charge is 0.459 e. The summed E-state index contributed by atoms with van der Waals surface area (Å²) in [5, 5.41) is 2.47. The van der Waals surface area contributed by atoms with Crippen molar-refractivity contribution in [3.8, 4) is 11.3 Å². The summed E-state index contributed by atoms with van der Waals surface area (Å²) in [5.41, 5.74) is 2.34. The topological polar surface area (TPSA) is 63.0 Å². The zero-order valence-electron chi connectivity index (χ0n) is 18.9. The summed E-state index contributed by atoms with van der Waals surface area (Å²) in [7, 11) is 0. The Bertz CT molecular complexity index is 1440. The molecule has 3 aromatic carbocycles. The number of carbonyl (C=O) groups is 2. The van der Waals surface area contributed by atoms with Crippen molar-refractivity contribution in [1.29, 1.82) is 0 Å². The number of hydroxylamine groups is 1. The Morgan fingerprint density at radius 3 is 2.22 bits per heavy atom. The van der Waals surface area contributed by atoms with E-state index in [1.807, 2.05) is 78.9 Å². The fourth-order valence-corrected chi connectivity index (χ4v) is 5.10. The molecular formula is C28H20Cl2N2O4. The number of imide groups is 1. The number of rotatable bonds is 5. The van der Waals surface area contributed by atoms with Gasteiger partial charge in [0.2, 0.25) is 5.91 Å². The number of fused-ring (bicyclic) bond motifs is 1. The van der Waals surface area contributed by atoms with Crippen LogP contribution in [-0.4, -0.2) is 22.8 Å². The molecule has 0 unspecified atom stereocenters. The van der Waals surface area contributed by atoms with Gasteiger partial charge in [0.15, 0.2) is 6.10 Å². The molecule has 3 atom stereocenters. The molecule has 8 heteroatoms. The molecule has 3 heterocycles. The summed E-state index contributed by atoms with van der Waals surface area (Å²) in [6, 6.07) is 27.0. The van der Waals surface area contributed by atoms with Crippen LogP contribution in [0.3, 0.4) is 0 Å². The van der Waals surface area contributed by atoms with E-state index in [1.54, 1.807) is 17.2 Å². The average Bonchev–Trinajstić information content (AvgIpc) is 3.59. The highest BCUT2D eigenvalue weighted by Gasteiger charge is 2.60. The van der Waals surface area contributed by atoms with Crippen LogP contribution in [0.1, 0.15) is 17.4 Å². The lowest BCUT2D eigenvalue weighted by Crippen LogP contribution is -2.36. The Hall–Kier alpha value is -3.58. The van der Waals surface area contributed by atoms with Gasteiger partial charge in [0.1, 0.15) is 23.5 Å². The normalized spacial score (nSPS) is 21.3. The van der Waals surface area contributed by atoms with E-state index in [4.69, 9.17) is 32.5 Å². The Labute approximate surface area is 217 Å². The fraction of sp³-hybridized carbons (Fsp3) is 0.143. The smallest absolute Gasteiger partial charge is 0.262 e. The summed E-state index contributed by atoms with van der Waals surface area (Å²) >= 11 is 12.3. The predicted molar refractivity (Wildman–Crippen MR) is 136 cm³/mol. The van der Waals surface area contributed by atoms with E-state index in [0.717, 1.165) is 16.8 Å². The monoisotopic (exact) mass is 518 g/mol. The first-order chi connectivity index (χ1) is 17.5. The minimum atomic E-state index is -0.940. The third-order valence-electron chi connectivity index (χ3n) is 6.52. The van der Waals surface area contributed by atoms with Crippen molar-refractivity contribution in [3.63, 3.8) is 0 Å². The number of para-hydroxylation sites is 1. The van der Waals surface area contributed by atoms with E-state index in [0.29, 0.717) is 21.6 Å². The number of likely N-dealkylation sites (tertiary alicyclic amines) is 1. The quantitative estimate of drug-likeness (QED) is 0.290. The van der Waals surface area contributed by atoms with E-state index in [9.17, 15) is 9.59 Å². The SMILES string of the molecule is O=C1[C@H]2[C@H](ON(c3ccccc3)[C@@H]2c2ccc(-c3ccc(Cl)c(Cl)c3)o2)C(=O)N1Cc1ccccc1. The van der Waals surface area contributed by atoms with Gasteiger partial charge in [-0.05, 0) is 48.0 Å². The second-order valence-electron chi connectivity index (χ2n) is 8.74. The van der Waals surface area contributed by atoms with Crippen LogP contribution in [0.25, 0.3) is 11.3 Å². The summed E-state index contributed by atoms with van der Waals surface area (Å²) in [6.07, 6.45) is -0.940. The number of halogens is 2. The number of carbonyl (C=O) groups excluding carboxylic acids is 2. The highest BCUT2D eigenvalue weighted by atomic mass is 35.5. The third kappa shape index (κ3) is 3.88. The maximum Gasteiger partial charge on any atom is 0.262 e. The number of amides is 2. The van der Waals surface area contributed by atoms with Crippen molar-refractivity contribution < 1.29 is 18.8 Å². The molecular weight excluding hydrogens is 499 g/mol. The van der Waals surface area contributed by atoms with Gasteiger partial charge in [0.05, 0.1) is 22.3 Å². The average molecular weight is 519 g/mol. The van der Waals surface area contributed by atoms with Crippen molar-refractivity contribution in [1.82, 2.24) is 4.90 Å². The van der Waals surface area contributed by atoms with Gasteiger partial charge in [-0.15, -0.1) is 0 Å². The van der Waals surface area contributed by atoms with Crippen LogP contribution in [0.15, 0.2) is 95.4 Å². The molecule has 4 aromatic rings. The molecule has 2 aliphatic rings. The number of hydrogen-bond donors (Lipinski definition) is 0. The molecule has 0 N–H and O–H groups in total. The van der Waals surface area contributed by atoms with Gasteiger partial charge >= 0.3 is 0 Å². The summed E-state index contributed by atoms with van der Waals surface area (Å²) in [5.74, 6) is -0.319. The van der Waals surface area contributed by atoms with Gasteiger partial charge in [-0.1, -0.05) is 71.7 Å². The van der Waals surface area contributed by atoms with Crippen LogP contribution < -0.4 is 5.06 Å². The molecule has 0 saturated carbocycles. The number of nitrogens with zero attached hydrogens (tertiary/aromatic N) is 2. The fourth-order valence-electron chi connectivity index (χ4n) is 4.80. The molecule has 2 fully saturated rings. The van der Waals surface area contributed by atoms with Crippen LogP contribution in [-0.2, 0) is 21.0 Å². The van der Waals surface area contributed by atoms with Crippen molar-refractivity contribution in [2.75, 3.05) is 5.06 Å². The Morgan fingerprint density at radius 1 is 0.778 bits per heavy atom. The number of hydrogen-bond acceptors (Lipinski definition) is 5. The van der Waals surface area contributed by atoms with E-state index in [-0.39, 0.29) is 18.4 Å². The van der Waals surface area contributed by atoms with E-state index in [2.05, 4.69) is 0 Å². The zero-order chi connectivity index (χ0) is 24.8. The maximum absolute atomic E-state index is 13.6. The van der Waals surface area contributed by atoms with Crippen LogP contribution in [0.5, 0.6) is 0 Å². The minimum absolute atomic E-state index is 0.194. The van der Waals surface area contributed by atoms with Crippen molar-refractivity contribution >= 4 is 40.7 Å². The zero-order valence-corrected chi connectivity index (χ0v) is 20.4. The first-order valence-corrected chi connectivity index (χ1v) is 12.2. The maximum atomic E-state index is 13.6. The number of anilines is 1. The minimum Gasteiger partial charge on any atom is -0.459 e. The number of furan rings is 1. The second kappa shape index (κ2) is 9.13. The molecule has 180 valence electrons. The third-order valence-corrected chi connectivity index (χ3v) is 7.26. The summed E-state index contributed by atoms with van der Waals surface area (Å²) < 4.78 is 6.24.